The van der Waals surface area contributed by atoms with Crippen LogP contribution in [0.15, 0.2) is 67.2 Å². The molecule has 0 bridgehead atoms. The summed E-state index contributed by atoms with van der Waals surface area (Å²) in [6, 6.07) is 17.8. The fourth-order valence-electron chi connectivity index (χ4n) is 1.97. The third-order valence-corrected chi connectivity index (χ3v) is 3.16. The van der Waals surface area contributed by atoms with E-state index in [0.717, 1.165) is 5.56 Å². The van der Waals surface area contributed by atoms with Gasteiger partial charge in [0.2, 0.25) is 6.10 Å². The first-order chi connectivity index (χ1) is 10.6. The Labute approximate surface area is 128 Å². The molecule has 0 spiro atoms. The van der Waals surface area contributed by atoms with Crippen LogP contribution in [0.1, 0.15) is 11.1 Å². The fourth-order valence-corrected chi connectivity index (χ4v) is 1.97. The van der Waals surface area contributed by atoms with Crippen LogP contribution in [0.25, 0.3) is 5.57 Å². The molecule has 112 valence electrons. The molecule has 4 nitrogen and oxygen atoms in total. The topological polar surface area (TPSA) is 63.6 Å². The molecule has 0 unspecified atom stereocenters. The highest BCUT2D eigenvalue weighted by Gasteiger charge is 2.24. The highest BCUT2D eigenvalue weighted by Crippen LogP contribution is 2.16. The van der Waals surface area contributed by atoms with E-state index < -0.39 is 18.0 Å². The van der Waals surface area contributed by atoms with Gasteiger partial charge < -0.3 is 9.84 Å². The van der Waals surface area contributed by atoms with Gasteiger partial charge in [-0.05, 0) is 11.1 Å². The number of esters is 1. The molecule has 2 rings (SSSR count). The molecule has 0 radical (unpaired) electrons. The van der Waals surface area contributed by atoms with E-state index in [1.54, 1.807) is 48.5 Å². The predicted octanol–water partition coefficient (Wildman–Crippen LogP) is 2.94. The van der Waals surface area contributed by atoms with Crippen molar-refractivity contribution < 1.29 is 19.4 Å². The zero-order valence-corrected chi connectivity index (χ0v) is 11.9. The quantitative estimate of drug-likeness (QED) is 0.657. The Kier molecular flexibility index (Phi) is 5.09. The number of carbonyl (C=O) groups excluding carboxylic acids is 1. The molecule has 0 aromatic heterocycles. The van der Waals surface area contributed by atoms with Crippen LogP contribution in [0, 0.1) is 0 Å². The minimum atomic E-state index is -1.24. The molecule has 0 aliphatic carbocycles. The zero-order valence-electron chi connectivity index (χ0n) is 11.9. The number of benzene rings is 2. The molecule has 0 saturated heterocycles. The van der Waals surface area contributed by atoms with E-state index >= 15 is 0 Å². The van der Waals surface area contributed by atoms with Gasteiger partial charge in [-0.1, -0.05) is 67.2 Å². The molecule has 4 heteroatoms. The zero-order chi connectivity index (χ0) is 15.9. The highest BCUT2D eigenvalue weighted by atomic mass is 16.6. The summed E-state index contributed by atoms with van der Waals surface area (Å²) < 4.78 is 5.09. The SMILES string of the molecule is C=C(C(=O)O[C@@H](Cc1ccccc1)C(=O)O)c1ccccc1. The Hall–Kier alpha value is -2.88. The van der Waals surface area contributed by atoms with Gasteiger partial charge in [0.15, 0.2) is 0 Å². The van der Waals surface area contributed by atoms with Crippen molar-refractivity contribution in [3.63, 3.8) is 0 Å². The van der Waals surface area contributed by atoms with Gasteiger partial charge in [-0.3, -0.25) is 0 Å². The van der Waals surface area contributed by atoms with Crippen molar-refractivity contribution in [3.05, 3.63) is 78.4 Å². The summed E-state index contributed by atoms with van der Waals surface area (Å²) in [5.74, 6) is -1.91. The van der Waals surface area contributed by atoms with Crippen molar-refractivity contribution in [2.24, 2.45) is 0 Å². The first kappa shape index (κ1) is 15.5. The minimum Gasteiger partial charge on any atom is -0.478 e. The first-order valence-electron chi connectivity index (χ1n) is 6.80. The Morgan fingerprint density at radius 2 is 1.55 bits per heavy atom. The fraction of sp³-hybridized carbons (Fsp3) is 0.111. The standard InChI is InChI=1S/C18H16O4/c1-13(15-10-6-3-7-11-15)18(21)22-16(17(19)20)12-14-8-4-2-5-9-14/h2-11,16H,1,12H2,(H,19,20)/t16-/m0/s1. The van der Waals surface area contributed by atoms with Crippen LogP contribution >= 0.6 is 0 Å². The molecular formula is C18H16O4. The molecule has 22 heavy (non-hydrogen) atoms. The third-order valence-electron chi connectivity index (χ3n) is 3.16. The molecule has 0 aliphatic heterocycles. The van der Waals surface area contributed by atoms with Crippen LogP contribution in [0.2, 0.25) is 0 Å². The summed E-state index contributed by atoms with van der Waals surface area (Å²) in [5, 5.41) is 9.23. The third kappa shape index (κ3) is 4.06. The monoisotopic (exact) mass is 296 g/mol. The van der Waals surface area contributed by atoms with Crippen LogP contribution in [0.4, 0.5) is 0 Å². The first-order valence-corrected chi connectivity index (χ1v) is 6.80. The summed E-state index contributed by atoms with van der Waals surface area (Å²) in [4.78, 5) is 23.4. The highest BCUT2D eigenvalue weighted by molar-refractivity contribution is 6.16. The van der Waals surface area contributed by atoms with Crippen LogP contribution in [0.5, 0.6) is 0 Å². The van der Waals surface area contributed by atoms with Crippen molar-refractivity contribution in [1.29, 1.82) is 0 Å². The van der Waals surface area contributed by atoms with Crippen molar-refractivity contribution in [1.82, 2.24) is 0 Å². The molecule has 0 heterocycles. The molecule has 2 aromatic rings. The van der Waals surface area contributed by atoms with Crippen molar-refractivity contribution >= 4 is 17.5 Å². The summed E-state index contributed by atoms with van der Waals surface area (Å²) in [7, 11) is 0. The van der Waals surface area contributed by atoms with E-state index in [-0.39, 0.29) is 12.0 Å². The molecule has 1 atom stereocenters. The van der Waals surface area contributed by atoms with Crippen LogP contribution < -0.4 is 0 Å². The van der Waals surface area contributed by atoms with E-state index in [0.29, 0.717) is 5.56 Å². The van der Waals surface area contributed by atoms with Crippen molar-refractivity contribution in [2.45, 2.75) is 12.5 Å². The lowest BCUT2D eigenvalue weighted by atomic mass is 10.1. The van der Waals surface area contributed by atoms with Gasteiger partial charge >= 0.3 is 11.9 Å². The average Bonchev–Trinajstić information content (AvgIpc) is 2.55. The van der Waals surface area contributed by atoms with E-state index in [4.69, 9.17) is 4.74 Å². The number of carboxylic acids is 1. The van der Waals surface area contributed by atoms with E-state index in [2.05, 4.69) is 6.58 Å². The largest absolute Gasteiger partial charge is 0.478 e. The Morgan fingerprint density at radius 1 is 1.00 bits per heavy atom. The van der Waals surface area contributed by atoms with Gasteiger partial charge in [-0.25, -0.2) is 9.59 Å². The number of carbonyl (C=O) groups is 2. The number of hydrogen-bond donors (Lipinski definition) is 1. The van der Waals surface area contributed by atoms with Gasteiger partial charge in [0.1, 0.15) is 0 Å². The van der Waals surface area contributed by atoms with Crippen molar-refractivity contribution in [3.8, 4) is 0 Å². The second-order valence-corrected chi connectivity index (χ2v) is 4.77. The lowest BCUT2D eigenvalue weighted by Gasteiger charge is -2.15. The maximum absolute atomic E-state index is 12.1. The summed E-state index contributed by atoms with van der Waals surface area (Å²) in [6.45, 7) is 3.68. The Bertz CT molecular complexity index is 662. The number of ether oxygens (including phenoxy) is 1. The lowest BCUT2D eigenvalue weighted by molar-refractivity contribution is -0.159. The maximum atomic E-state index is 12.1. The number of rotatable bonds is 6. The average molecular weight is 296 g/mol. The molecule has 0 fully saturated rings. The predicted molar refractivity (Wildman–Crippen MR) is 83.1 cm³/mol. The van der Waals surface area contributed by atoms with E-state index in [1.807, 2.05) is 12.1 Å². The van der Waals surface area contributed by atoms with E-state index in [9.17, 15) is 14.7 Å². The minimum absolute atomic E-state index is 0.115. The molecule has 0 saturated carbocycles. The lowest BCUT2D eigenvalue weighted by Crippen LogP contribution is -2.29. The van der Waals surface area contributed by atoms with Gasteiger partial charge in [0.25, 0.3) is 0 Å². The molecule has 2 aromatic carbocycles. The molecule has 0 aliphatic rings. The molecular weight excluding hydrogens is 280 g/mol. The smallest absolute Gasteiger partial charge is 0.345 e. The second kappa shape index (κ2) is 7.22. The second-order valence-electron chi connectivity index (χ2n) is 4.77. The molecule has 0 amide bonds. The number of carboxylic acid groups (broad SMARTS) is 1. The maximum Gasteiger partial charge on any atom is 0.345 e. The van der Waals surface area contributed by atoms with Gasteiger partial charge in [-0.2, -0.15) is 0 Å². The number of hydrogen-bond acceptors (Lipinski definition) is 3. The Morgan fingerprint density at radius 3 is 2.09 bits per heavy atom. The van der Waals surface area contributed by atoms with Gasteiger partial charge in [0.05, 0.1) is 5.57 Å². The molecule has 1 N–H and O–H groups in total. The Balaban J connectivity index is 2.06. The van der Waals surface area contributed by atoms with Gasteiger partial charge in [-0.15, -0.1) is 0 Å². The van der Waals surface area contributed by atoms with Crippen molar-refractivity contribution in [2.75, 3.05) is 0 Å². The number of aliphatic carboxylic acids is 1. The normalized spacial score (nSPS) is 11.5. The van der Waals surface area contributed by atoms with E-state index in [1.165, 1.54) is 0 Å². The van der Waals surface area contributed by atoms with Crippen LogP contribution in [0.3, 0.4) is 0 Å². The summed E-state index contributed by atoms with van der Waals surface area (Å²) >= 11 is 0. The van der Waals surface area contributed by atoms with Crippen LogP contribution in [-0.4, -0.2) is 23.1 Å². The summed E-state index contributed by atoms with van der Waals surface area (Å²) in [5.41, 5.74) is 1.53. The van der Waals surface area contributed by atoms with Gasteiger partial charge in [0, 0.05) is 6.42 Å². The summed E-state index contributed by atoms with van der Waals surface area (Å²) in [6.07, 6.45) is -1.13. The van der Waals surface area contributed by atoms with Crippen LogP contribution in [-0.2, 0) is 20.7 Å².